The molecule has 0 saturated heterocycles. The molecule has 10 nitrogen and oxygen atoms in total. The highest BCUT2D eigenvalue weighted by Crippen LogP contribution is 2.36. The maximum Gasteiger partial charge on any atom is 0.284 e. The van der Waals surface area contributed by atoms with Crippen LogP contribution in [0, 0.1) is 5.92 Å². The SMILES string of the molecule is CCN(CC)S(=O)(=O)c1scc([NH2+]C2=NS(=O)N=C2NC(c2cc(C(C)C)co2)C(C)C)c1O. The number of nitrogens with two attached hydrogens (primary N) is 1. The van der Waals surface area contributed by atoms with E-state index in [4.69, 9.17) is 4.42 Å². The molecule has 0 aliphatic carbocycles. The molecule has 188 valence electrons. The van der Waals surface area contributed by atoms with E-state index in [2.05, 4.69) is 28.0 Å². The smallest absolute Gasteiger partial charge is 0.284 e. The molecule has 2 aromatic rings. The van der Waals surface area contributed by atoms with E-state index < -0.39 is 21.2 Å². The number of quaternary nitrogens is 1. The summed E-state index contributed by atoms with van der Waals surface area (Å²) in [5, 5.41) is 17.0. The Balaban J connectivity index is 1.85. The van der Waals surface area contributed by atoms with Crippen molar-refractivity contribution in [2.45, 2.75) is 57.7 Å². The number of nitrogens with one attached hydrogen (secondary N) is 1. The number of rotatable bonds is 9. The number of hydrogen-bond donors (Lipinski definition) is 3. The molecule has 2 unspecified atom stereocenters. The molecule has 2 aromatic heterocycles. The van der Waals surface area contributed by atoms with Crippen molar-refractivity contribution in [3.05, 3.63) is 29.0 Å². The van der Waals surface area contributed by atoms with Crippen LogP contribution in [0.15, 0.2) is 35.1 Å². The second-order valence-corrected chi connectivity index (χ2v) is 12.4. The normalized spacial score (nSPS) is 17.5. The summed E-state index contributed by atoms with van der Waals surface area (Å²) in [6.45, 7) is 12.3. The summed E-state index contributed by atoms with van der Waals surface area (Å²) >= 11 is -0.893. The first kappa shape index (κ1) is 26.5. The van der Waals surface area contributed by atoms with Gasteiger partial charge in [0.05, 0.1) is 17.7 Å². The van der Waals surface area contributed by atoms with Gasteiger partial charge in [0.2, 0.25) is 11.6 Å². The summed E-state index contributed by atoms with van der Waals surface area (Å²) in [6.07, 6.45) is 1.73. The van der Waals surface area contributed by atoms with E-state index in [9.17, 15) is 17.7 Å². The van der Waals surface area contributed by atoms with Crippen LogP contribution in [0.4, 0.5) is 5.69 Å². The average molecular weight is 531 g/mol. The molecule has 3 rings (SSSR count). The standard InChI is InChI=1S/C21H31N5O5S3/c1-7-26(8-2)34(29,30)21-18(27)15(11-32-21)22-19-20(25-33(28)24-19)23-17(13(5)6)16-9-14(10-31-16)12(3)4/h9-13,17,27H,7-8H2,1-6H3,(H,22,24)(H,23,25)/p+1. The fraction of sp³-hybridized carbons (Fsp3) is 0.524. The first-order valence-corrected chi connectivity index (χ1v) is 14.5. The highest BCUT2D eigenvalue weighted by Gasteiger charge is 2.34. The first-order chi connectivity index (χ1) is 16.0. The van der Waals surface area contributed by atoms with Gasteiger partial charge in [0.15, 0.2) is 9.90 Å². The highest BCUT2D eigenvalue weighted by molar-refractivity contribution is 7.91. The third-order valence-corrected chi connectivity index (χ3v) is 9.74. The van der Waals surface area contributed by atoms with Gasteiger partial charge in [-0.2, -0.15) is 4.31 Å². The maximum atomic E-state index is 12.8. The van der Waals surface area contributed by atoms with Crippen molar-refractivity contribution in [1.29, 1.82) is 0 Å². The number of sulfonamides is 1. The first-order valence-electron chi connectivity index (χ1n) is 11.1. The van der Waals surface area contributed by atoms with E-state index in [0.717, 1.165) is 22.7 Å². The van der Waals surface area contributed by atoms with E-state index >= 15 is 0 Å². The molecular formula is C21H32N5O5S3+. The van der Waals surface area contributed by atoms with Crippen molar-refractivity contribution in [3.8, 4) is 5.75 Å². The third kappa shape index (κ3) is 5.43. The molecule has 34 heavy (non-hydrogen) atoms. The number of thiophene rings is 1. The Morgan fingerprint density at radius 2 is 1.91 bits per heavy atom. The molecule has 2 atom stereocenters. The summed E-state index contributed by atoms with van der Waals surface area (Å²) < 4.78 is 52.9. The van der Waals surface area contributed by atoms with Gasteiger partial charge in [-0.15, -0.1) is 20.1 Å². The van der Waals surface area contributed by atoms with Gasteiger partial charge in [0.1, 0.15) is 5.76 Å². The molecule has 3 heterocycles. The van der Waals surface area contributed by atoms with E-state index in [0.29, 0.717) is 24.8 Å². The zero-order chi connectivity index (χ0) is 25.2. The second kappa shape index (κ2) is 10.7. The number of furan rings is 1. The summed E-state index contributed by atoms with van der Waals surface area (Å²) in [6, 6.07) is 1.74. The molecule has 4 N–H and O–H groups in total. The molecule has 0 bridgehead atoms. The molecule has 1 aliphatic rings. The predicted octanol–water partition coefficient (Wildman–Crippen LogP) is 2.77. The molecule has 0 amide bonds. The van der Waals surface area contributed by atoms with Crippen molar-refractivity contribution in [2.24, 2.45) is 14.7 Å². The average Bonchev–Trinajstić information content (AvgIpc) is 3.46. The lowest BCUT2D eigenvalue weighted by Gasteiger charge is -2.20. The van der Waals surface area contributed by atoms with Crippen LogP contribution < -0.4 is 10.6 Å². The Hall–Kier alpha value is -2.06. The Kier molecular flexibility index (Phi) is 8.34. The minimum absolute atomic E-state index is 0.115. The molecule has 0 aromatic carbocycles. The minimum atomic E-state index is -3.82. The fourth-order valence-electron chi connectivity index (χ4n) is 3.48. The van der Waals surface area contributed by atoms with E-state index in [1.54, 1.807) is 20.1 Å². The van der Waals surface area contributed by atoms with Gasteiger partial charge >= 0.3 is 0 Å². The predicted molar refractivity (Wildman–Crippen MR) is 134 cm³/mol. The topological polar surface area (TPSA) is 141 Å². The highest BCUT2D eigenvalue weighted by atomic mass is 32.2. The van der Waals surface area contributed by atoms with Gasteiger partial charge in [-0.05, 0) is 23.5 Å². The van der Waals surface area contributed by atoms with E-state index in [1.807, 2.05) is 19.9 Å². The lowest BCUT2D eigenvalue weighted by molar-refractivity contribution is -0.440. The summed E-state index contributed by atoms with van der Waals surface area (Å²) in [5.41, 5.74) is 1.34. The Morgan fingerprint density at radius 1 is 1.24 bits per heavy atom. The zero-order valence-corrected chi connectivity index (χ0v) is 22.6. The minimum Gasteiger partial charge on any atom is -0.501 e. The van der Waals surface area contributed by atoms with Gasteiger partial charge in [0, 0.05) is 13.1 Å². The Labute approximate surface area is 207 Å². The zero-order valence-electron chi connectivity index (χ0n) is 20.1. The molecular weight excluding hydrogens is 498 g/mol. The molecule has 0 saturated carbocycles. The van der Waals surface area contributed by atoms with Crippen LogP contribution >= 0.6 is 11.3 Å². The van der Waals surface area contributed by atoms with E-state index in [1.165, 1.54) is 15.0 Å². The summed E-state index contributed by atoms with van der Waals surface area (Å²) in [7, 11) is -3.82. The van der Waals surface area contributed by atoms with Crippen molar-refractivity contribution in [2.75, 3.05) is 13.1 Å². The van der Waals surface area contributed by atoms with Crippen molar-refractivity contribution >= 4 is 49.9 Å². The molecule has 13 heteroatoms. The Morgan fingerprint density at radius 3 is 2.47 bits per heavy atom. The quantitative estimate of drug-likeness (QED) is 0.455. The maximum absolute atomic E-state index is 12.8. The molecule has 0 fully saturated rings. The van der Waals surface area contributed by atoms with Gasteiger partial charge in [-0.25, -0.2) is 12.6 Å². The van der Waals surface area contributed by atoms with Crippen LogP contribution in [-0.4, -0.2) is 46.8 Å². The van der Waals surface area contributed by atoms with Crippen LogP contribution in [0.5, 0.6) is 5.75 Å². The van der Waals surface area contributed by atoms with Crippen LogP contribution in [0.1, 0.15) is 64.8 Å². The van der Waals surface area contributed by atoms with Crippen molar-refractivity contribution in [1.82, 2.24) is 9.62 Å². The van der Waals surface area contributed by atoms with Crippen LogP contribution in [-0.2, 0) is 21.2 Å². The van der Waals surface area contributed by atoms with Crippen molar-refractivity contribution < 1.29 is 27.5 Å². The summed E-state index contributed by atoms with van der Waals surface area (Å²) in [4.78, 5) is 0. The number of hydrogen-bond acceptors (Lipinski definition) is 7. The monoisotopic (exact) mass is 530 g/mol. The van der Waals surface area contributed by atoms with E-state index in [-0.39, 0.29) is 33.4 Å². The van der Waals surface area contributed by atoms with Crippen LogP contribution in [0.25, 0.3) is 0 Å². The lowest BCUT2D eigenvalue weighted by Crippen LogP contribution is -2.85. The molecule has 0 spiro atoms. The number of aromatic hydroxyl groups is 1. The van der Waals surface area contributed by atoms with Crippen molar-refractivity contribution in [3.63, 3.8) is 0 Å². The van der Waals surface area contributed by atoms with Gasteiger partial charge < -0.3 is 14.8 Å². The molecule has 0 radical (unpaired) electrons. The third-order valence-electron chi connectivity index (χ3n) is 5.49. The Bertz CT molecular complexity index is 1210. The summed E-state index contributed by atoms with van der Waals surface area (Å²) in [5.74, 6) is 1.35. The van der Waals surface area contributed by atoms with Crippen LogP contribution in [0.3, 0.4) is 0 Å². The second-order valence-electron chi connectivity index (χ2n) is 8.51. The van der Waals surface area contributed by atoms with Gasteiger partial charge in [-0.1, -0.05) is 41.5 Å². The molecule has 1 aliphatic heterocycles. The largest absolute Gasteiger partial charge is 0.501 e. The lowest BCUT2D eigenvalue weighted by atomic mass is 9.99. The van der Waals surface area contributed by atoms with Crippen LogP contribution in [0.2, 0.25) is 0 Å². The van der Waals surface area contributed by atoms with Gasteiger partial charge in [0.25, 0.3) is 27.0 Å². The number of nitrogens with zero attached hydrogens (tertiary/aromatic N) is 3. The van der Waals surface area contributed by atoms with Gasteiger partial charge in [-0.3, -0.25) is 5.32 Å². The fourth-order valence-corrected chi connectivity index (χ4v) is 6.99. The number of amidine groups is 2.